The van der Waals surface area contributed by atoms with Crippen LogP contribution in [0, 0.1) is 5.92 Å². The van der Waals surface area contributed by atoms with Crippen LogP contribution in [0.15, 0.2) is 77.1 Å². The van der Waals surface area contributed by atoms with Crippen molar-refractivity contribution in [2.75, 3.05) is 5.75 Å². The molecule has 0 aliphatic carbocycles. The van der Waals surface area contributed by atoms with E-state index in [9.17, 15) is 9.90 Å². The number of carbonyl (C=O) groups is 1. The van der Waals surface area contributed by atoms with Crippen LogP contribution < -0.4 is 5.32 Å². The van der Waals surface area contributed by atoms with Crippen LogP contribution in [0.1, 0.15) is 48.5 Å². The standard InChI is InChI=1S/C29H30N2O4S2/c1-18-25(17-36-29-31-24-5-3-4-6-26(24)37-29)34-28(23-13-7-20(8-14-23)15-30-19(2)33)35-27(18)22-11-9-21(16-32)10-12-22/h3-14,18,25,27-28,32H,15-17H2,1-2H3,(H,30,33)/t18-,25+,27+,28+/m0/s1. The minimum absolute atomic E-state index is 0.0133. The maximum atomic E-state index is 11.3. The van der Waals surface area contributed by atoms with Gasteiger partial charge in [-0.2, -0.15) is 0 Å². The molecule has 0 bridgehead atoms. The Morgan fingerprint density at radius 1 is 1.00 bits per heavy atom. The number of nitrogens with zero attached hydrogens (tertiary/aromatic N) is 1. The van der Waals surface area contributed by atoms with E-state index >= 15 is 0 Å². The molecule has 37 heavy (non-hydrogen) atoms. The number of carbonyl (C=O) groups excluding carboxylic acids is 1. The molecule has 8 heteroatoms. The summed E-state index contributed by atoms with van der Waals surface area (Å²) >= 11 is 3.43. The molecule has 4 atom stereocenters. The molecule has 0 saturated carbocycles. The lowest BCUT2D eigenvalue weighted by atomic mass is 9.91. The van der Waals surface area contributed by atoms with Crippen molar-refractivity contribution in [3.8, 4) is 0 Å². The Balaban J connectivity index is 1.36. The van der Waals surface area contributed by atoms with Crippen LogP contribution in [0.5, 0.6) is 0 Å². The fraction of sp³-hybridized carbons (Fsp3) is 0.310. The number of aromatic nitrogens is 1. The van der Waals surface area contributed by atoms with E-state index in [1.807, 2.05) is 66.7 Å². The number of benzene rings is 3. The van der Waals surface area contributed by atoms with E-state index in [0.717, 1.165) is 37.9 Å². The zero-order valence-electron chi connectivity index (χ0n) is 20.8. The van der Waals surface area contributed by atoms with Crippen LogP contribution in [0.25, 0.3) is 10.2 Å². The molecule has 6 nitrogen and oxygen atoms in total. The lowest BCUT2D eigenvalue weighted by Gasteiger charge is -2.41. The smallest absolute Gasteiger partial charge is 0.217 e. The highest BCUT2D eigenvalue weighted by molar-refractivity contribution is 8.01. The van der Waals surface area contributed by atoms with E-state index in [-0.39, 0.29) is 30.6 Å². The SMILES string of the molecule is CC(=O)NCc1ccc([C@@H]2O[C@H](CSc3nc4ccccc4s3)[C@H](C)[C@H](c3ccc(CO)cc3)O2)cc1. The molecule has 4 aromatic rings. The molecular weight excluding hydrogens is 504 g/mol. The van der Waals surface area contributed by atoms with Gasteiger partial charge in [0.05, 0.1) is 29.0 Å². The first-order chi connectivity index (χ1) is 18.0. The highest BCUT2D eigenvalue weighted by atomic mass is 32.2. The molecule has 1 saturated heterocycles. The summed E-state index contributed by atoms with van der Waals surface area (Å²) in [6, 6.07) is 24.1. The van der Waals surface area contributed by atoms with Gasteiger partial charge in [0.2, 0.25) is 5.91 Å². The van der Waals surface area contributed by atoms with Gasteiger partial charge in [-0.15, -0.1) is 11.3 Å². The van der Waals surface area contributed by atoms with E-state index in [1.54, 1.807) is 23.1 Å². The summed E-state index contributed by atoms with van der Waals surface area (Å²) in [5.41, 5.74) is 4.91. The van der Waals surface area contributed by atoms with Crippen molar-refractivity contribution in [2.24, 2.45) is 5.92 Å². The maximum Gasteiger partial charge on any atom is 0.217 e. The second-order valence-corrected chi connectivity index (χ2v) is 11.5. The molecular formula is C29H30N2O4S2. The van der Waals surface area contributed by atoms with Crippen molar-refractivity contribution >= 4 is 39.2 Å². The van der Waals surface area contributed by atoms with Gasteiger partial charge < -0.3 is 19.9 Å². The molecule has 5 rings (SSSR count). The van der Waals surface area contributed by atoms with E-state index in [1.165, 1.54) is 11.6 Å². The Kier molecular flexibility index (Phi) is 8.22. The largest absolute Gasteiger partial charge is 0.392 e. The first kappa shape index (κ1) is 25.9. The molecule has 1 fully saturated rings. The summed E-state index contributed by atoms with van der Waals surface area (Å²) < 4.78 is 15.3. The lowest BCUT2D eigenvalue weighted by Crippen LogP contribution is -2.38. The van der Waals surface area contributed by atoms with Gasteiger partial charge >= 0.3 is 0 Å². The van der Waals surface area contributed by atoms with E-state index in [4.69, 9.17) is 14.5 Å². The number of ether oxygens (including phenoxy) is 2. The molecule has 192 valence electrons. The Labute approximate surface area is 225 Å². The van der Waals surface area contributed by atoms with E-state index in [0.29, 0.717) is 6.54 Å². The Morgan fingerprint density at radius 3 is 2.41 bits per heavy atom. The number of thiazole rings is 1. The van der Waals surface area contributed by atoms with Crippen molar-refractivity contribution in [1.29, 1.82) is 0 Å². The van der Waals surface area contributed by atoms with Gasteiger partial charge in [0.1, 0.15) is 0 Å². The quantitative estimate of drug-likeness (QED) is 0.270. The molecule has 2 heterocycles. The van der Waals surface area contributed by atoms with Crippen LogP contribution in [0.2, 0.25) is 0 Å². The minimum Gasteiger partial charge on any atom is -0.392 e. The number of thioether (sulfide) groups is 1. The molecule has 0 unspecified atom stereocenters. The number of amides is 1. The fourth-order valence-corrected chi connectivity index (χ4v) is 6.65. The molecule has 3 aromatic carbocycles. The van der Waals surface area contributed by atoms with Crippen molar-refractivity contribution in [3.63, 3.8) is 0 Å². The monoisotopic (exact) mass is 534 g/mol. The topological polar surface area (TPSA) is 80.7 Å². The summed E-state index contributed by atoms with van der Waals surface area (Å²) in [7, 11) is 0. The van der Waals surface area contributed by atoms with Crippen molar-refractivity contribution in [3.05, 3.63) is 95.1 Å². The van der Waals surface area contributed by atoms with E-state index in [2.05, 4.69) is 18.3 Å². The predicted octanol–water partition coefficient (Wildman–Crippen LogP) is 6.01. The van der Waals surface area contributed by atoms with Crippen LogP contribution >= 0.6 is 23.1 Å². The number of fused-ring (bicyclic) bond motifs is 1. The molecule has 2 N–H and O–H groups in total. The summed E-state index contributed by atoms with van der Waals surface area (Å²) in [5, 5.41) is 12.3. The van der Waals surface area contributed by atoms with Gasteiger partial charge in [0.15, 0.2) is 10.6 Å². The van der Waals surface area contributed by atoms with Gasteiger partial charge in [-0.3, -0.25) is 4.79 Å². The number of aliphatic hydroxyl groups is 1. The second-order valence-electron chi connectivity index (χ2n) is 9.23. The second kappa shape index (κ2) is 11.8. The molecule has 0 radical (unpaired) electrons. The highest BCUT2D eigenvalue weighted by Gasteiger charge is 2.38. The van der Waals surface area contributed by atoms with Gasteiger partial charge in [-0.05, 0) is 28.8 Å². The summed E-state index contributed by atoms with van der Waals surface area (Å²) in [5.74, 6) is 0.810. The number of aliphatic hydroxyl groups excluding tert-OH is 1. The third-order valence-electron chi connectivity index (χ3n) is 6.56. The summed E-state index contributed by atoms with van der Waals surface area (Å²) in [6.45, 7) is 4.18. The van der Waals surface area contributed by atoms with Gasteiger partial charge in [-0.25, -0.2) is 4.98 Å². The predicted molar refractivity (Wildman–Crippen MR) is 147 cm³/mol. The Morgan fingerprint density at radius 2 is 1.70 bits per heavy atom. The van der Waals surface area contributed by atoms with Crippen LogP contribution in [0.4, 0.5) is 0 Å². The minimum atomic E-state index is -0.519. The van der Waals surface area contributed by atoms with Crippen LogP contribution in [-0.2, 0) is 27.4 Å². The molecule has 0 spiro atoms. The maximum absolute atomic E-state index is 11.3. The van der Waals surface area contributed by atoms with Gasteiger partial charge in [-0.1, -0.05) is 79.3 Å². The highest BCUT2D eigenvalue weighted by Crippen LogP contribution is 2.43. The van der Waals surface area contributed by atoms with Crippen molar-refractivity contribution in [1.82, 2.24) is 10.3 Å². The Hall–Kier alpha value is -2.75. The summed E-state index contributed by atoms with van der Waals surface area (Å²) in [6.07, 6.45) is -0.738. The molecule has 1 aliphatic rings. The third kappa shape index (κ3) is 6.22. The fourth-order valence-electron chi connectivity index (χ4n) is 4.40. The summed E-state index contributed by atoms with van der Waals surface area (Å²) in [4.78, 5) is 16.0. The van der Waals surface area contributed by atoms with Crippen LogP contribution in [0.3, 0.4) is 0 Å². The Bertz CT molecular complexity index is 1310. The first-order valence-electron chi connectivity index (χ1n) is 12.3. The van der Waals surface area contributed by atoms with Crippen molar-refractivity contribution in [2.45, 2.75) is 49.8 Å². The average Bonchev–Trinajstić information content (AvgIpc) is 3.35. The van der Waals surface area contributed by atoms with E-state index < -0.39 is 6.29 Å². The molecule has 1 aliphatic heterocycles. The number of hydrogen-bond acceptors (Lipinski definition) is 7. The zero-order chi connectivity index (χ0) is 25.8. The number of rotatable bonds is 8. The lowest BCUT2D eigenvalue weighted by molar-refractivity contribution is -0.268. The number of hydrogen-bond donors (Lipinski definition) is 2. The molecule has 1 amide bonds. The van der Waals surface area contributed by atoms with Gasteiger partial charge in [0, 0.05) is 30.7 Å². The average molecular weight is 535 g/mol. The van der Waals surface area contributed by atoms with Crippen LogP contribution in [-0.4, -0.2) is 27.9 Å². The zero-order valence-corrected chi connectivity index (χ0v) is 22.4. The third-order valence-corrected chi connectivity index (χ3v) is 8.83. The first-order valence-corrected chi connectivity index (χ1v) is 14.1. The number of nitrogens with one attached hydrogen (secondary N) is 1. The molecule has 1 aromatic heterocycles. The number of para-hydroxylation sites is 1. The normalized spacial score (nSPS) is 21.7. The van der Waals surface area contributed by atoms with Crippen molar-refractivity contribution < 1.29 is 19.4 Å². The van der Waals surface area contributed by atoms with Gasteiger partial charge in [0.25, 0.3) is 0 Å².